The maximum absolute atomic E-state index is 4.77. The number of anilines is 6. The van der Waals surface area contributed by atoms with E-state index in [0.717, 1.165) is 78.2 Å². The maximum atomic E-state index is 4.77. The zero-order valence-corrected chi connectivity index (χ0v) is 28.2. The standard InChI is InChI=1S/C46H32N6/c1-3-13-33(14-4-1)45-39-23-21-36(52(38-18-12-26-48-32-38)44-20-8-10-28-50-44)30-42(39)46(34-15-5-2-6-16-34)40-24-22-35(29-41(40)45)51(37-17-11-25-47-31-37)43-19-7-9-27-49-43/h1-32H. The summed E-state index contributed by atoms with van der Waals surface area (Å²) in [6, 6.07) is 54.9. The third kappa shape index (κ3) is 5.68. The molecule has 0 atom stereocenters. The van der Waals surface area contributed by atoms with Crippen molar-refractivity contribution >= 4 is 55.9 Å². The van der Waals surface area contributed by atoms with Crippen molar-refractivity contribution < 1.29 is 0 Å². The fourth-order valence-corrected chi connectivity index (χ4v) is 7.09. The van der Waals surface area contributed by atoms with Gasteiger partial charge in [-0.05, 0) is 117 Å². The molecule has 52 heavy (non-hydrogen) atoms. The van der Waals surface area contributed by atoms with E-state index in [1.165, 1.54) is 0 Å². The molecule has 0 fully saturated rings. The van der Waals surface area contributed by atoms with Gasteiger partial charge in [-0.2, -0.15) is 0 Å². The molecule has 0 amide bonds. The van der Waals surface area contributed by atoms with Crippen molar-refractivity contribution in [3.8, 4) is 22.3 Å². The molecule has 0 saturated heterocycles. The van der Waals surface area contributed by atoms with Gasteiger partial charge in [0.05, 0.1) is 23.8 Å². The topological polar surface area (TPSA) is 58.0 Å². The SMILES string of the molecule is c1ccc(-c2c3ccc(N(c4cccnc4)c4ccccn4)cc3c(-c3ccccc3)c3ccc(N(c4cccnc4)c4ccccn4)cc23)cc1. The average molecular weight is 669 g/mol. The minimum atomic E-state index is 0.815. The van der Waals surface area contributed by atoms with Crippen molar-refractivity contribution in [1.29, 1.82) is 0 Å². The minimum Gasteiger partial charge on any atom is -0.293 e. The van der Waals surface area contributed by atoms with E-state index in [9.17, 15) is 0 Å². The van der Waals surface area contributed by atoms with E-state index in [0.29, 0.717) is 0 Å². The summed E-state index contributed by atoms with van der Waals surface area (Å²) in [5.41, 5.74) is 8.45. The normalized spacial score (nSPS) is 11.1. The first-order valence-electron chi connectivity index (χ1n) is 17.2. The number of benzene rings is 5. The van der Waals surface area contributed by atoms with Gasteiger partial charge in [0.2, 0.25) is 0 Å². The Labute approximate surface area is 302 Å². The Morgan fingerprint density at radius 2 is 0.769 bits per heavy atom. The van der Waals surface area contributed by atoms with Crippen LogP contribution in [0.3, 0.4) is 0 Å². The fourth-order valence-electron chi connectivity index (χ4n) is 7.09. The molecule has 0 saturated carbocycles. The van der Waals surface area contributed by atoms with Gasteiger partial charge in [0.25, 0.3) is 0 Å². The molecule has 0 aliphatic rings. The van der Waals surface area contributed by atoms with E-state index in [4.69, 9.17) is 9.97 Å². The van der Waals surface area contributed by atoms with Gasteiger partial charge in [-0.15, -0.1) is 0 Å². The molecular weight excluding hydrogens is 637 g/mol. The largest absolute Gasteiger partial charge is 0.293 e. The molecule has 4 heterocycles. The van der Waals surface area contributed by atoms with Crippen molar-refractivity contribution in [3.05, 3.63) is 195 Å². The van der Waals surface area contributed by atoms with E-state index in [2.05, 4.69) is 129 Å². The van der Waals surface area contributed by atoms with Crippen LogP contribution in [0.2, 0.25) is 0 Å². The van der Waals surface area contributed by atoms with E-state index in [1.807, 2.05) is 73.3 Å². The van der Waals surface area contributed by atoms with Crippen LogP contribution in [0.25, 0.3) is 43.8 Å². The predicted octanol–water partition coefficient (Wildman–Crippen LogP) is 11.8. The zero-order valence-electron chi connectivity index (χ0n) is 28.2. The molecule has 0 N–H and O–H groups in total. The molecule has 4 aromatic heterocycles. The van der Waals surface area contributed by atoms with Gasteiger partial charge in [-0.1, -0.05) is 84.9 Å². The lowest BCUT2D eigenvalue weighted by Gasteiger charge is -2.27. The molecule has 0 aliphatic heterocycles. The van der Waals surface area contributed by atoms with E-state index < -0.39 is 0 Å². The number of fused-ring (bicyclic) bond motifs is 2. The molecule has 9 rings (SSSR count). The Morgan fingerprint density at radius 1 is 0.327 bits per heavy atom. The quantitative estimate of drug-likeness (QED) is 0.150. The van der Waals surface area contributed by atoms with Gasteiger partial charge in [0.1, 0.15) is 11.6 Å². The molecule has 0 unspecified atom stereocenters. The summed E-state index contributed by atoms with van der Waals surface area (Å²) in [5, 5.41) is 4.58. The highest BCUT2D eigenvalue weighted by atomic mass is 15.2. The van der Waals surface area contributed by atoms with Gasteiger partial charge >= 0.3 is 0 Å². The van der Waals surface area contributed by atoms with Gasteiger partial charge in [-0.3, -0.25) is 19.8 Å². The highest BCUT2D eigenvalue weighted by molar-refractivity contribution is 6.22. The second kappa shape index (κ2) is 13.6. The number of pyridine rings is 4. The molecule has 9 aromatic rings. The lowest BCUT2D eigenvalue weighted by Crippen LogP contribution is -2.12. The molecule has 6 nitrogen and oxygen atoms in total. The lowest BCUT2D eigenvalue weighted by molar-refractivity contribution is 1.16. The molecule has 0 radical (unpaired) electrons. The summed E-state index contributed by atoms with van der Waals surface area (Å²) in [4.78, 5) is 22.8. The first kappa shape index (κ1) is 30.8. The Hall–Kier alpha value is -7.18. The van der Waals surface area contributed by atoms with Crippen LogP contribution in [0.4, 0.5) is 34.4 Å². The summed E-state index contributed by atoms with van der Waals surface area (Å²) < 4.78 is 0. The number of hydrogen-bond donors (Lipinski definition) is 0. The van der Waals surface area contributed by atoms with Crippen LogP contribution >= 0.6 is 0 Å². The summed E-state index contributed by atoms with van der Waals surface area (Å²) in [7, 11) is 0. The molecule has 0 spiro atoms. The summed E-state index contributed by atoms with van der Waals surface area (Å²) in [6.45, 7) is 0. The summed E-state index contributed by atoms with van der Waals surface area (Å²) >= 11 is 0. The molecule has 246 valence electrons. The first-order chi connectivity index (χ1) is 25.8. The number of hydrogen-bond acceptors (Lipinski definition) is 6. The van der Waals surface area contributed by atoms with Gasteiger partial charge in [0, 0.05) is 36.2 Å². The average Bonchev–Trinajstić information content (AvgIpc) is 3.22. The molecular formula is C46H32N6. The van der Waals surface area contributed by atoms with Crippen LogP contribution in [0.5, 0.6) is 0 Å². The lowest BCUT2D eigenvalue weighted by atomic mass is 9.85. The van der Waals surface area contributed by atoms with E-state index in [1.54, 1.807) is 12.4 Å². The molecule has 0 bridgehead atoms. The van der Waals surface area contributed by atoms with Crippen LogP contribution in [0.1, 0.15) is 0 Å². The highest BCUT2D eigenvalue weighted by Crippen LogP contribution is 2.47. The highest BCUT2D eigenvalue weighted by Gasteiger charge is 2.22. The van der Waals surface area contributed by atoms with Crippen LogP contribution in [-0.2, 0) is 0 Å². The second-order valence-electron chi connectivity index (χ2n) is 12.4. The Balaban J connectivity index is 1.37. The molecule has 0 aliphatic carbocycles. The van der Waals surface area contributed by atoms with E-state index in [-0.39, 0.29) is 0 Å². The second-order valence-corrected chi connectivity index (χ2v) is 12.4. The number of rotatable bonds is 8. The first-order valence-corrected chi connectivity index (χ1v) is 17.2. The van der Waals surface area contributed by atoms with E-state index >= 15 is 0 Å². The van der Waals surface area contributed by atoms with Crippen LogP contribution in [-0.4, -0.2) is 19.9 Å². The monoisotopic (exact) mass is 668 g/mol. The Kier molecular flexibility index (Phi) is 8.08. The van der Waals surface area contributed by atoms with Crippen molar-refractivity contribution in [1.82, 2.24) is 19.9 Å². The third-order valence-electron chi connectivity index (χ3n) is 9.29. The van der Waals surface area contributed by atoms with Crippen molar-refractivity contribution in [2.75, 3.05) is 9.80 Å². The van der Waals surface area contributed by atoms with Crippen molar-refractivity contribution in [2.45, 2.75) is 0 Å². The van der Waals surface area contributed by atoms with Crippen molar-refractivity contribution in [3.63, 3.8) is 0 Å². The number of aromatic nitrogens is 4. The smallest absolute Gasteiger partial charge is 0.137 e. The zero-order chi connectivity index (χ0) is 34.7. The van der Waals surface area contributed by atoms with Crippen LogP contribution < -0.4 is 9.80 Å². The Morgan fingerprint density at radius 3 is 1.15 bits per heavy atom. The minimum absolute atomic E-state index is 0.815. The molecule has 5 aromatic carbocycles. The van der Waals surface area contributed by atoms with Crippen molar-refractivity contribution in [2.24, 2.45) is 0 Å². The Bertz CT molecular complexity index is 2340. The third-order valence-corrected chi connectivity index (χ3v) is 9.29. The number of nitrogens with zero attached hydrogens (tertiary/aromatic N) is 6. The fraction of sp³-hybridized carbons (Fsp3) is 0. The van der Waals surface area contributed by atoms with Gasteiger partial charge in [0.15, 0.2) is 0 Å². The summed E-state index contributed by atoms with van der Waals surface area (Å²) in [6.07, 6.45) is 11.0. The van der Waals surface area contributed by atoms with Gasteiger partial charge in [-0.25, -0.2) is 9.97 Å². The van der Waals surface area contributed by atoms with Gasteiger partial charge < -0.3 is 0 Å². The predicted molar refractivity (Wildman–Crippen MR) is 213 cm³/mol. The molecule has 6 heteroatoms. The maximum Gasteiger partial charge on any atom is 0.137 e. The van der Waals surface area contributed by atoms with Crippen LogP contribution in [0, 0.1) is 0 Å². The van der Waals surface area contributed by atoms with Crippen LogP contribution in [0.15, 0.2) is 195 Å². The summed E-state index contributed by atoms with van der Waals surface area (Å²) in [5.74, 6) is 1.63.